The van der Waals surface area contributed by atoms with E-state index < -0.39 is 4.92 Å². The first-order valence-electron chi connectivity index (χ1n) is 5.28. The second-order valence-corrected chi connectivity index (χ2v) is 4.58. The number of nitro groups is 1. The predicted octanol–water partition coefficient (Wildman–Crippen LogP) is 2.32. The highest BCUT2D eigenvalue weighted by Gasteiger charge is 2.16. The summed E-state index contributed by atoms with van der Waals surface area (Å²) in [7, 11) is 3.74. The molecule has 0 spiro atoms. The number of hydrogen-bond donors (Lipinski definition) is 0. The van der Waals surface area contributed by atoms with Gasteiger partial charge < -0.3 is 9.32 Å². The lowest BCUT2D eigenvalue weighted by Crippen LogP contribution is -2.17. The standard InChI is InChI=1S/C10H11N5O3S/c1-6(14(2)3)11-10-12-9(13-19-10)7-4-5-8(18-7)15(16)17/h4-5H,1-3H3/b11-6+. The molecule has 8 nitrogen and oxygen atoms in total. The van der Waals surface area contributed by atoms with Crippen molar-refractivity contribution < 1.29 is 9.34 Å². The van der Waals surface area contributed by atoms with Crippen LogP contribution in [0.4, 0.5) is 11.0 Å². The number of furan rings is 1. The molecule has 0 N–H and O–H groups in total. The summed E-state index contributed by atoms with van der Waals surface area (Å²) in [6, 6.07) is 2.73. The Hall–Kier alpha value is -2.29. The lowest BCUT2D eigenvalue weighted by atomic mass is 10.4. The number of nitrogens with zero attached hydrogens (tertiary/aromatic N) is 5. The van der Waals surface area contributed by atoms with Crippen molar-refractivity contribution in [1.82, 2.24) is 14.3 Å². The highest BCUT2D eigenvalue weighted by atomic mass is 32.1. The quantitative estimate of drug-likeness (QED) is 0.370. The number of aliphatic imine (C=N–C) groups is 1. The van der Waals surface area contributed by atoms with Gasteiger partial charge in [-0.15, -0.1) is 0 Å². The second kappa shape index (κ2) is 5.14. The largest absolute Gasteiger partial charge is 0.433 e. The third kappa shape index (κ3) is 2.94. The average molecular weight is 281 g/mol. The van der Waals surface area contributed by atoms with E-state index in [1.165, 1.54) is 12.1 Å². The molecule has 19 heavy (non-hydrogen) atoms. The molecule has 0 aliphatic heterocycles. The van der Waals surface area contributed by atoms with E-state index in [4.69, 9.17) is 4.42 Å². The monoisotopic (exact) mass is 281 g/mol. The van der Waals surface area contributed by atoms with Gasteiger partial charge in [-0.25, -0.2) is 4.99 Å². The Labute approximate surface area is 112 Å². The van der Waals surface area contributed by atoms with Crippen LogP contribution in [0.15, 0.2) is 21.5 Å². The predicted molar refractivity (Wildman–Crippen MR) is 70.7 cm³/mol. The minimum absolute atomic E-state index is 0.256. The SMILES string of the molecule is C/C(=N\c1nc(-c2ccc([N+](=O)[O-])o2)ns1)N(C)C. The van der Waals surface area contributed by atoms with Gasteiger partial charge in [0.25, 0.3) is 0 Å². The zero-order valence-corrected chi connectivity index (χ0v) is 11.3. The van der Waals surface area contributed by atoms with Crippen molar-refractivity contribution >= 4 is 28.4 Å². The van der Waals surface area contributed by atoms with E-state index >= 15 is 0 Å². The molecule has 0 bridgehead atoms. The van der Waals surface area contributed by atoms with E-state index in [2.05, 4.69) is 14.3 Å². The van der Waals surface area contributed by atoms with Gasteiger partial charge in [0.05, 0.1) is 6.07 Å². The maximum Gasteiger partial charge on any atom is 0.433 e. The van der Waals surface area contributed by atoms with Crippen LogP contribution in [0.25, 0.3) is 11.6 Å². The first-order chi connectivity index (χ1) is 8.97. The van der Waals surface area contributed by atoms with E-state index in [1.807, 2.05) is 25.9 Å². The highest BCUT2D eigenvalue weighted by molar-refractivity contribution is 7.09. The molecular weight excluding hydrogens is 270 g/mol. The van der Waals surface area contributed by atoms with Crippen LogP contribution < -0.4 is 0 Å². The van der Waals surface area contributed by atoms with Crippen molar-refractivity contribution in [3.63, 3.8) is 0 Å². The zero-order valence-electron chi connectivity index (χ0n) is 10.5. The Kier molecular flexibility index (Phi) is 3.56. The van der Waals surface area contributed by atoms with Crippen molar-refractivity contribution in [2.24, 2.45) is 4.99 Å². The van der Waals surface area contributed by atoms with Gasteiger partial charge in [0.15, 0.2) is 5.76 Å². The summed E-state index contributed by atoms with van der Waals surface area (Å²) in [5.41, 5.74) is 0. The van der Waals surface area contributed by atoms with Crippen molar-refractivity contribution in [3.05, 3.63) is 22.2 Å². The minimum Gasteiger partial charge on any atom is -0.397 e. The van der Waals surface area contributed by atoms with Gasteiger partial charge in [0.1, 0.15) is 10.8 Å². The lowest BCUT2D eigenvalue weighted by Gasteiger charge is -2.09. The van der Waals surface area contributed by atoms with Gasteiger partial charge >= 0.3 is 5.88 Å². The van der Waals surface area contributed by atoms with Gasteiger partial charge in [-0.3, -0.25) is 10.1 Å². The van der Waals surface area contributed by atoms with E-state index in [1.54, 1.807) is 0 Å². The molecule has 0 fully saturated rings. The van der Waals surface area contributed by atoms with Crippen molar-refractivity contribution in [2.45, 2.75) is 6.92 Å². The summed E-state index contributed by atoms with van der Waals surface area (Å²) < 4.78 is 9.08. The van der Waals surface area contributed by atoms with Crippen LogP contribution in [-0.4, -0.2) is 39.1 Å². The molecule has 2 heterocycles. The van der Waals surface area contributed by atoms with E-state index in [-0.39, 0.29) is 11.6 Å². The summed E-state index contributed by atoms with van der Waals surface area (Å²) in [4.78, 5) is 20.2. The molecule has 2 rings (SSSR count). The van der Waals surface area contributed by atoms with E-state index in [0.717, 1.165) is 17.4 Å². The fourth-order valence-corrected chi connectivity index (χ4v) is 1.74. The molecule has 0 saturated heterocycles. The minimum atomic E-state index is -0.606. The van der Waals surface area contributed by atoms with Crippen molar-refractivity contribution in [1.29, 1.82) is 0 Å². The Bertz CT molecular complexity index is 631. The van der Waals surface area contributed by atoms with Crippen LogP contribution in [0.2, 0.25) is 0 Å². The molecule has 0 unspecified atom stereocenters. The number of amidine groups is 1. The van der Waals surface area contributed by atoms with Gasteiger partial charge in [-0.2, -0.15) is 9.36 Å². The van der Waals surface area contributed by atoms with Gasteiger partial charge in [0.2, 0.25) is 11.0 Å². The molecule has 0 saturated carbocycles. The van der Waals surface area contributed by atoms with Crippen LogP contribution in [0.1, 0.15) is 6.92 Å². The molecule has 9 heteroatoms. The molecule has 0 radical (unpaired) electrons. The van der Waals surface area contributed by atoms with Crippen molar-refractivity contribution in [3.8, 4) is 11.6 Å². The third-order valence-corrected chi connectivity index (χ3v) is 2.92. The van der Waals surface area contributed by atoms with E-state index in [9.17, 15) is 10.1 Å². The molecule has 0 atom stereocenters. The number of rotatable bonds is 3. The smallest absolute Gasteiger partial charge is 0.397 e. The Morgan fingerprint density at radius 1 is 1.53 bits per heavy atom. The zero-order chi connectivity index (χ0) is 14.0. The molecular formula is C10H11N5O3S. The highest BCUT2D eigenvalue weighted by Crippen LogP contribution is 2.27. The maximum absolute atomic E-state index is 10.5. The Balaban J connectivity index is 2.25. The van der Waals surface area contributed by atoms with Crippen LogP contribution in [0, 0.1) is 10.1 Å². The van der Waals surface area contributed by atoms with Crippen molar-refractivity contribution in [2.75, 3.05) is 14.1 Å². The molecule has 0 aliphatic carbocycles. The van der Waals surface area contributed by atoms with Crippen LogP contribution in [0.3, 0.4) is 0 Å². The molecule has 0 amide bonds. The topological polar surface area (TPSA) is 97.7 Å². The Morgan fingerprint density at radius 3 is 2.84 bits per heavy atom. The normalized spacial score (nSPS) is 11.6. The molecule has 2 aromatic rings. The second-order valence-electron chi connectivity index (χ2n) is 3.85. The summed E-state index contributed by atoms with van der Waals surface area (Å²) in [6.45, 7) is 1.85. The summed E-state index contributed by atoms with van der Waals surface area (Å²) >= 11 is 1.10. The first kappa shape index (κ1) is 13.1. The average Bonchev–Trinajstić information content (AvgIpc) is 2.95. The number of hydrogen-bond acceptors (Lipinski definition) is 7. The van der Waals surface area contributed by atoms with Crippen LogP contribution in [-0.2, 0) is 0 Å². The van der Waals surface area contributed by atoms with Gasteiger partial charge in [-0.1, -0.05) is 0 Å². The van der Waals surface area contributed by atoms with E-state index in [0.29, 0.717) is 11.0 Å². The molecule has 100 valence electrons. The fraction of sp³-hybridized carbons (Fsp3) is 0.300. The molecule has 0 aliphatic rings. The lowest BCUT2D eigenvalue weighted by molar-refractivity contribution is -0.401. The third-order valence-electron chi connectivity index (χ3n) is 2.31. The van der Waals surface area contributed by atoms with Crippen LogP contribution >= 0.6 is 11.5 Å². The molecule has 0 aromatic carbocycles. The molecule has 2 aromatic heterocycles. The summed E-state index contributed by atoms with van der Waals surface area (Å²) in [5.74, 6) is 1.00. The first-order valence-corrected chi connectivity index (χ1v) is 6.05. The maximum atomic E-state index is 10.5. The summed E-state index contributed by atoms with van der Waals surface area (Å²) in [6.07, 6.45) is 0. The number of aromatic nitrogens is 2. The summed E-state index contributed by atoms with van der Waals surface area (Å²) in [5, 5.41) is 11.0. The van der Waals surface area contributed by atoms with Crippen LogP contribution in [0.5, 0.6) is 0 Å². The van der Waals surface area contributed by atoms with Gasteiger partial charge in [0, 0.05) is 25.6 Å². The fourth-order valence-electron chi connectivity index (χ4n) is 1.15. The van der Waals surface area contributed by atoms with Gasteiger partial charge in [-0.05, 0) is 13.0 Å². The Morgan fingerprint density at radius 2 is 2.26 bits per heavy atom.